The first-order valence-corrected chi connectivity index (χ1v) is 4.99. The van der Waals surface area contributed by atoms with Crippen LogP contribution in [0.1, 0.15) is 11.0 Å². The van der Waals surface area contributed by atoms with Crippen molar-refractivity contribution in [1.82, 2.24) is 10.6 Å². The smallest absolute Gasteiger partial charge is 0.197 e. The van der Waals surface area contributed by atoms with E-state index in [1.165, 1.54) is 0 Å². The van der Waals surface area contributed by atoms with E-state index in [1.54, 1.807) is 11.3 Å². The van der Waals surface area contributed by atoms with Gasteiger partial charge >= 0.3 is 0 Å². The molecule has 0 amide bonds. The highest BCUT2D eigenvalue weighted by Gasteiger charge is 2.17. The lowest BCUT2D eigenvalue weighted by Gasteiger charge is -2.21. The molecule has 0 spiro atoms. The number of hydrogen-bond donors (Lipinski definition) is 3. The fourth-order valence-electron chi connectivity index (χ4n) is 1.06. The van der Waals surface area contributed by atoms with Gasteiger partial charge < -0.3 is 16.4 Å². The molecule has 2 heterocycles. The molecule has 0 aromatic carbocycles. The number of thiocarbonyl (C=S) groups is 1. The molecule has 1 aliphatic heterocycles. The van der Waals surface area contributed by atoms with Gasteiger partial charge in [0.05, 0.1) is 0 Å². The highest BCUT2D eigenvalue weighted by atomic mass is 32.1. The lowest BCUT2D eigenvalue weighted by molar-refractivity contribution is 0.672. The molecule has 0 radical (unpaired) electrons. The molecule has 0 saturated carbocycles. The highest BCUT2D eigenvalue weighted by molar-refractivity contribution is 7.80. The maximum Gasteiger partial charge on any atom is 0.197 e. The fourth-order valence-corrected chi connectivity index (χ4v) is 1.99. The van der Waals surface area contributed by atoms with Gasteiger partial charge in [0.1, 0.15) is 0 Å². The van der Waals surface area contributed by atoms with E-state index in [4.69, 9.17) is 18.0 Å². The maximum absolute atomic E-state index is 5.54. The van der Waals surface area contributed by atoms with Gasteiger partial charge in [0.15, 0.2) is 17.2 Å². The summed E-state index contributed by atoms with van der Waals surface area (Å²) in [6, 6.07) is 3.96. The number of hydrogen-bond acceptors (Lipinski definition) is 4. The van der Waals surface area contributed by atoms with E-state index in [2.05, 4.69) is 15.6 Å². The molecule has 1 aromatic heterocycles. The van der Waals surface area contributed by atoms with Crippen LogP contribution in [0, 0.1) is 0 Å². The first kappa shape index (κ1) is 8.46. The summed E-state index contributed by atoms with van der Waals surface area (Å²) >= 11 is 6.58. The Morgan fingerprint density at radius 3 is 3.08 bits per heavy atom. The first-order valence-electron chi connectivity index (χ1n) is 3.70. The van der Waals surface area contributed by atoms with Crippen LogP contribution >= 0.6 is 23.6 Å². The Balaban J connectivity index is 2.25. The van der Waals surface area contributed by atoms with Crippen molar-refractivity contribution < 1.29 is 0 Å². The second-order valence-corrected chi connectivity index (χ2v) is 3.92. The number of nitrogens with one attached hydrogen (secondary N) is 2. The molecule has 4 nitrogen and oxygen atoms in total. The lowest BCUT2D eigenvalue weighted by atomic mass is 10.4. The maximum atomic E-state index is 5.54. The van der Waals surface area contributed by atoms with E-state index in [1.807, 2.05) is 17.5 Å². The molecule has 4 N–H and O–H groups in total. The minimum atomic E-state index is -0.131. The summed E-state index contributed by atoms with van der Waals surface area (Å²) in [5.41, 5.74) is 5.54. The van der Waals surface area contributed by atoms with E-state index in [-0.39, 0.29) is 6.17 Å². The average Bonchev–Trinajstić information content (AvgIpc) is 2.53. The zero-order valence-electron chi connectivity index (χ0n) is 6.65. The van der Waals surface area contributed by atoms with Crippen molar-refractivity contribution in [3.8, 4) is 0 Å². The number of guanidine groups is 1. The van der Waals surface area contributed by atoms with Gasteiger partial charge in [-0.2, -0.15) is 0 Å². The molecule has 2 rings (SSSR count). The van der Waals surface area contributed by atoms with Gasteiger partial charge in [0.25, 0.3) is 0 Å². The van der Waals surface area contributed by atoms with Crippen LogP contribution < -0.4 is 16.4 Å². The number of thiophene rings is 1. The van der Waals surface area contributed by atoms with Crippen molar-refractivity contribution in [2.75, 3.05) is 0 Å². The van der Waals surface area contributed by atoms with Gasteiger partial charge in [0.2, 0.25) is 0 Å². The van der Waals surface area contributed by atoms with Crippen molar-refractivity contribution in [2.45, 2.75) is 6.17 Å². The average molecular weight is 212 g/mol. The molecule has 0 aliphatic carbocycles. The molecule has 1 aliphatic rings. The molecule has 0 fully saturated rings. The molecule has 1 atom stereocenters. The summed E-state index contributed by atoms with van der Waals surface area (Å²) in [6.07, 6.45) is -0.131. The molecule has 13 heavy (non-hydrogen) atoms. The van der Waals surface area contributed by atoms with Crippen molar-refractivity contribution in [1.29, 1.82) is 0 Å². The second kappa shape index (κ2) is 3.31. The van der Waals surface area contributed by atoms with E-state index in [0.717, 1.165) is 4.88 Å². The number of nitrogens with zero attached hydrogens (tertiary/aromatic N) is 1. The predicted octanol–water partition coefficient (Wildman–Crippen LogP) is 0.539. The highest BCUT2D eigenvalue weighted by Crippen LogP contribution is 2.20. The van der Waals surface area contributed by atoms with Crippen LogP contribution in [-0.2, 0) is 0 Å². The van der Waals surface area contributed by atoms with Crippen LogP contribution in [0.4, 0.5) is 0 Å². The summed E-state index contributed by atoms with van der Waals surface area (Å²) in [6.45, 7) is 0. The van der Waals surface area contributed by atoms with Gasteiger partial charge in [-0.1, -0.05) is 6.07 Å². The van der Waals surface area contributed by atoms with Crippen molar-refractivity contribution in [3.63, 3.8) is 0 Å². The van der Waals surface area contributed by atoms with Gasteiger partial charge in [-0.3, -0.25) is 0 Å². The molecule has 0 saturated heterocycles. The summed E-state index contributed by atoms with van der Waals surface area (Å²) in [7, 11) is 0. The number of nitrogens with two attached hydrogens (primary N) is 1. The monoisotopic (exact) mass is 212 g/mol. The Labute approximate surface area is 84.9 Å². The van der Waals surface area contributed by atoms with Crippen LogP contribution in [0.2, 0.25) is 0 Å². The normalized spacial score (nSPS) is 21.7. The molecule has 68 valence electrons. The van der Waals surface area contributed by atoms with Crippen molar-refractivity contribution in [3.05, 3.63) is 22.4 Å². The van der Waals surface area contributed by atoms with Crippen molar-refractivity contribution in [2.24, 2.45) is 10.7 Å². The first-order chi connectivity index (χ1) is 6.25. The molecule has 1 aromatic rings. The topological polar surface area (TPSA) is 62.4 Å². The second-order valence-electron chi connectivity index (χ2n) is 2.53. The van der Waals surface area contributed by atoms with Crippen LogP contribution in [0.25, 0.3) is 0 Å². The van der Waals surface area contributed by atoms with E-state index in [0.29, 0.717) is 11.1 Å². The molecular weight excluding hydrogens is 204 g/mol. The molecule has 0 bridgehead atoms. The lowest BCUT2D eigenvalue weighted by Crippen LogP contribution is -2.49. The third-order valence-electron chi connectivity index (χ3n) is 1.59. The zero-order valence-corrected chi connectivity index (χ0v) is 8.28. The van der Waals surface area contributed by atoms with Crippen molar-refractivity contribution >= 4 is 34.6 Å². The molecule has 1 unspecified atom stereocenters. The van der Waals surface area contributed by atoms with Gasteiger partial charge in [-0.05, 0) is 23.7 Å². The van der Waals surface area contributed by atoms with Gasteiger partial charge in [0, 0.05) is 4.88 Å². The minimum absolute atomic E-state index is 0.131. The molecular formula is C7H8N4S2. The van der Waals surface area contributed by atoms with E-state index in [9.17, 15) is 0 Å². The SMILES string of the molecule is NC1=NC(c2cccs2)NC(=S)N1. The fraction of sp³-hybridized carbons (Fsp3) is 0.143. The Morgan fingerprint density at radius 1 is 1.62 bits per heavy atom. The quantitative estimate of drug-likeness (QED) is 0.595. The van der Waals surface area contributed by atoms with Crippen LogP contribution in [0.3, 0.4) is 0 Å². The van der Waals surface area contributed by atoms with E-state index < -0.39 is 0 Å². The number of aliphatic imine (C=N–C) groups is 1. The summed E-state index contributed by atoms with van der Waals surface area (Å²) in [5, 5.41) is 8.25. The van der Waals surface area contributed by atoms with Crippen LogP contribution in [-0.4, -0.2) is 11.1 Å². The van der Waals surface area contributed by atoms with Gasteiger partial charge in [-0.15, -0.1) is 11.3 Å². The Kier molecular flexibility index (Phi) is 2.15. The number of rotatable bonds is 1. The predicted molar refractivity (Wildman–Crippen MR) is 57.6 cm³/mol. The van der Waals surface area contributed by atoms with Crippen LogP contribution in [0.15, 0.2) is 22.5 Å². The molecule has 6 heteroatoms. The Morgan fingerprint density at radius 2 is 2.46 bits per heavy atom. The van der Waals surface area contributed by atoms with Gasteiger partial charge in [-0.25, -0.2) is 4.99 Å². The zero-order chi connectivity index (χ0) is 9.26. The third-order valence-corrected chi connectivity index (χ3v) is 2.73. The third kappa shape index (κ3) is 1.78. The summed E-state index contributed by atoms with van der Waals surface area (Å²) in [5.74, 6) is 0.363. The largest absolute Gasteiger partial charge is 0.370 e. The van der Waals surface area contributed by atoms with Crippen LogP contribution in [0.5, 0.6) is 0 Å². The van der Waals surface area contributed by atoms with E-state index >= 15 is 0 Å². The minimum Gasteiger partial charge on any atom is -0.370 e. The Hall–Kier alpha value is -1.14. The summed E-state index contributed by atoms with van der Waals surface area (Å²) < 4.78 is 0. The standard InChI is InChI=1S/C7H8N4S2/c8-6-9-5(10-7(12)11-6)4-2-1-3-13-4/h1-3,5H,(H4,8,9,10,11,12). The summed E-state index contributed by atoms with van der Waals surface area (Å²) in [4.78, 5) is 5.27. The Bertz CT molecular complexity index is 343.